The van der Waals surface area contributed by atoms with E-state index >= 15 is 0 Å². The predicted octanol–water partition coefficient (Wildman–Crippen LogP) is 1.81. The standard InChI is InChI=1S/C17H24N2O4.ClH/c1-23-12-14-7-5-13(6-8-14)10-18-16(20)11-19-9-3-2-4-15(19)17(21)22;/h5-8,15H,2-4,9-12H2,1H3,(H,18,20)(H,21,22);1H. The van der Waals surface area contributed by atoms with Gasteiger partial charge in [-0.25, -0.2) is 0 Å². The minimum absolute atomic E-state index is 0. The van der Waals surface area contributed by atoms with E-state index in [1.165, 1.54) is 0 Å². The molecule has 0 saturated carbocycles. The molecule has 2 rings (SSSR count). The van der Waals surface area contributed by atoms with E-state index in [9.17, 15) is 14.7 Å². The Morgan fingerprint density at radius 2 is 1.92 bits per heavy atom. The van der Waals surface area contributed by atoms with Gasteiger partial charge in [-0.2, -0.15) is 0 Å². The number of ether oxygens (including phenoxy) is 1. The van der Waals surface area contributed by atoms with Crippen LogP contribution in [0.25, 0.3) is 0 Å². The van der Waals surface area contributed by atoms with Crippen molar-refractivity contribution in [3.63, 3.8) is 0 Å². The Labute approximate surface area is 148 Å². The first-order valence-corrected chi connectivity index (χ1v) is 7.90. The van der Waals surface area contributed by atoms with Crippen molar-refractivity contribution in [1.29, 1.82) is 0 Å². The summed E-state index contributed by atoms with van der Waals surface area (Å²) in [6, 6.07) is 7.31. The Bertz CT molecular complexity index is 536. The maximum atomic E-state index is 12.1. The summed E-state index contributed by atoms with van der Waals surface area (Å²) >= 11 is 0. The number of aliphatic carboxylic acids is 1. The molecular formula is C17H25ClN2O4. The van der Waals surface area contributed by atoms with Gasteiger partial charge in [0.15, 0.2) is 0 Å². The van der Waals surface area contributed by atoms with Crippen LogP contribution < -0.4 is 5.32 Å². The average Bonchev–Trinajstić information content (AvgIpc) is 2.55. The van der Waals surface area contributed by atoms with Gasteiger partial charge < -0.3 is 15.2 Å². The maximum absolute atomic E-state index is 12.1. The molecule has 1 amide bonds. The maximum Gasteiger partial charge on any atom is 0.320 e. The Balaban J connectivity index is 0.00000288. The van der Waals surface area contributed by atoms with Crippen LogP contribution in [0.4, 0.5) is 0 Å². The Morgan fingerprint density at radius 1 is 1.25 bits per heavy atom. The molecule has 0 radical (unpaired) electrons. The lowest BCUT2D eigenvalue weighted by atomic mass is 10.0. The Hall–Kier alpha value is -1.63. The SMILES string of the molecule is COCc1ccc(CNC(=O)CN2CCCCC2C(=O)O)cc1.Cl. The minimum atomic E-state index is -0.841. The van der Waals surface area contributed by atoms with Gasteiger partial charge >= 0.3 is 5.97 Å². The number of carbonyl (C=O) groups excluding carboxylic acids is 1. The van der Waals surface area contributed by atoms with Gasteiger partial charge in [0.2, 0.25) is 5.91 Å². The highest BCUT2D eigenvalue weighted by Crippen LogP contribution is 2.16. The summed E-state index contributed by atoms with van der Waals surface area (Å²) in [6.07, 6.45) is 2.46. The van der Waals surface area contributed by atoms with E-state index in [2.05, 4.69) is 5.32 Å². The first-order chi connectivity index (χ1) is 11.1. The molecule has 0 bridgehead atoms. The third-order valence-corrected chi connectivity index (χ3v) is 4.07. The summed E-state index contributed by atoms with van der Waals surface area (Å²) in [6.45, 7) is 1.81. The number of nitrogens with one attached hydrogen (secondary N) is 1. The lowest BCUT2D eigenvalue weighted by Gasteiger charge is -2.32. The van der Waals surface area contributed by atoms with E-state index in [-0.39, 0.29) is 24.9 Å². The number of halogens is 1. The second-order valence-corrected chi connectivity index (χ2v) is 5.85. The predicted molar refractivity (Wildman–Crippen MR) is 93.1 cm³/mol. The summed E-state index contributed by atoms with van der Waals surface area (Å²) in [5.41, 5.74) is 2.09. The van der Waals surface area contributed by atoms with E-state index in [4.69, 9.17) is 4.74 Å². The van der Waals surface area contributed by atoms with E-state index in [1.807, 2.05) is 24.3 Å². The van der Waals surface area contributed by atoms with Crippen LogP contribution in [0.1, 0.15) is 30.4 Å². The first-order valence-electron chi connectivity index (χ1n) is 7.90. The van der Waals surface area contributed by atoms with Crippen LogP contribution in [0.5, 0.6) is 0 Å². The van der Waals surface area contributed by atoms with Crippen LogP contribution in [0.15, 0.2) is 24.3 Å². The zero-order valence-corrected chi connectivity index (χ0v) is 14.7. The van der Waals surface area contributed by atoms with Gasteiger partial charge in [0.1, 0.15) is 6.04 Å². The summed E-state index contributed by atoms with van der Waals surface area (Å²) in [5.74, 6) is -0.981. The number of carboxylic acid groups (broad SMARTS) is 1. The zero-order chi connectivity index (χ0) is 16.7. The van der Waals surface area contributed by atoms with Crippen molar-refractivity contribution in [2.24, 2.45) is 0 Å². The number of amides is 1. The van der Waals surface area contributed by atoms with Crippen molar-refractivity contribution in [3.05, 3.63) is 35.4 Å². The van der Waals surface area contributed by atoms with E-state index in [0.717, 1.165) is 24.0 Å². The number of methoxy groups -OCH3 is 1. The highest BCUT2D eigenvalue weighted by Gasteiger charge is 2.29. The highest BCUT2D eigenvalue weighted by molar-refractivity contribution is 5.85. The number of carboxylic acids is 1. The van der Waals surface area contributed by atoms with Gasteiger partial charge in [-0.3, -0.25) is 14.5 Å². The topological polar surface area (TPSA) is 78.9 Å². The first kappa shape index (κ1) is 20.4. The average molecular weight is 357 g/mol. The van der Waals surface area contributed by atoms with E-state index < -0.39 is 12.0 Å². The van der Waals surface area contributed by atoms with Crippen molar-refractivity contribution in [1.82, 2.24) is 10.2 Å². The summed E-state index contributed by atoms with van der Waals surface area (Å²) < 4.78 is 5.06. The second kappa shape index (κ2) is 10.3. The quantitative estimate of drug-likeness (QED) is 0.779. The van der Waals surface area contributed by atoms with Crippen LogP contribution in [0.2, 0.25) is 0 Å². The number of hydrogen-bond donors (Lipinski definition) is 2. The third-order valence-electron chi connectivity index (χ3n) is 4.07. The van der Waals surface area contributed by atoms with Crippen LogP contribution in [0.3, 0.4) is 0 Å². The molecule has 1 aromatic rings. The van der Waals surface area contributed by atoms with Gasteiger partial charge in [-0.1, -0.05) is 30.7 Å². The molecule has 1 saturated heterocycles. The lowest BCUT2D eigenvalue weighted by molar-refractivity contribution is -0.145. The number of hydrogen-bond acceptors (Lipinski definition) is 4. The third kappa shape index (κ3) is 6.11. The van der Waals surface area contributed by atoms with Crippen molar-refractivity contribution in [3.8, 4) is 0 Å². The molecule has 0 aliphatic carbocycles. The van der Waals surface area contributed by atoms with E-state index in [1.54, 1.807) is 12.0 Å². The molecule has 1 heterocycles. The number of rotatable bonds is 7. The highest BCUT2D eigenvalue weighted by atomic mass is 35.5. The molecule has 1 atom stereocenters. The molecule has 0 aromatic heterocycles. The summed E-state index contributed by atoms with van der Waals surface area (Å²) in [7, 11) is 1.65. The lowest BCUT2D eigenvalue weighted by Crippen LogP contribution is -2.48. The fourth-order valence-corrected chi connectivity index (χ4v) is 2.82. The number of benzene rings is 1. The van der Waals surface area contributed by atoms with Crippen LogP contribution >= 0.6 is 12.4 Å². The van der Waals surface area contributed by atoms with Gasteiger partial charge in [0, 0.05) is 13.7 Å². The monoisotopic (exact) mass is 356 g/mol. The molecule has 1 aliphatic rings. The van der Waals surface area contributed by atoms with Crippen molar-refractivity contribution in [2.75, 3.05) is 20.2 Å². The van der Waals surface area contributed by atoms with Gasteiger partial charge in [0.25, 0.3) is 0 Å². The van der Waals surface area contributed by atoms with Crippen LogP contribution in [-0.2, 0) is 27.5 Å². The normalized spacial score (nSPS) is 17.8. The molecule has 1 fully saturated rings. The van der Waals surface area contributed by atoms with Gasteiger partial charge in [-0.05, 0) is 30.5 Å². The molecule has 24 heavy (non-hydrogen) atoms. The van der Waals surface area contributed by atoms with Crippen molar-refractivity contribution < 1.29 is 19.4 Å². The largest absolute Gasteiger partial charge is 0.480 e. The van der Waals surface area contributed by atoms with Crippen molar-refractivity contribution >= 4 is 24.3 Å². The Morgan fingerprint density at radius 3 is 2.54 bits per heavy atom. The smallest absolute Gasteiger partial charge is 0.320 e. The number of carbonyl (C=O) groups is 2. The number of piperidine rings is 1. The van der Waals surface area contributed by atoms with Crippen LogP contribution in [-0.4, -0.2) is 48.1 Å². The number of nitrogens with zero attached hydrogens (tertiary/aromatic N) is 1. The minimum Gasteiger partial charge on any atom is -0.480 e. The van der Waals surface area contributed by atoms with Gasteiger partial charge in [-0.15, -0.1) is 12.4 Å². The molecule has 0 spiro atoms. The van der Waals surface area contributed by atoms with Crippen molar-refractivity contribution in [2.45, 2.75) is 38.5 Å². The number of likely N-dealkylation sites (tertiary alicyclic amines) is 1. The molecule has 1 aliphatic heterocycles. The van der Waals surface area contributed by atoms with Crippen LogP contribution in [0, 0.1) is 0 Å². The Kier molecular flexibility index (Phi) is 8.74. The molecule has 134 valence electrons. The zero-order valence-electron chi connectivity index (χ0n) is 13.9. The van der Waals surface area contributed by atoms with Gasteiger partial charge in [0.05, 0.1) is 13.2 Å². The molecule has 2 N–H and O–H groups in total. The summed E-state index contributed by atoms with van der Waals surface area (Å²) in [4.78, 5) is 25.0. The fraction of sp³-hybridized carbons (Fsp3) is 0.529. The molecule has 1 unspecified atom stereocenters. The molecular weight excluding hydrogens is 332 g/mol. The fourth-order valence-electron chi connectivity index (χ4n) is 2.82. The molecule has 7 heteroatoms. The van der Waals surface area contributed by atoms with E-state index in [0.29, 0.717) is 26.1 Å². The second-order valence-electron chi connectivity index (χ2n) is 5.85. The summed E-state index contributed by atoms with van der Waals surface area (Å²) in [5, 5.41) is 12.1. The molecule has 6 nitrogen and oxygen atoms in total. The molecule has 1 aromatic carbocycles.